The SMILES string of the molecule is CC(C)(C)C[C@H]1N[C@H](C(=O)OC(C)(C)C)[C@@H](c2cccc(Cl)c2F)[C@@]12C(=O)Nc1cc(Cl)ccc12. The summed E-state index contributed by atoms with van der Waals surface area (Å²) in [5, 5.41) is 6.75. The van der Waals surface area contributed by atoms with Crippen LogP contribution in [0.5, 0.6) is 0 Å². The number of esters is 1. The van der Waals surface area contributed by atoms with Crippen molar-refractivity contribution in [1.29, 1.82) is 0 Å². The van der Waals surface area contributed by atoms with Crippen molar-refractivity contribution < 1.29 is 18.7 Å². The number of benzene rings is 2. The van der Waals surface area contributed by atoms with E-state index in [1.807, 2.05) is 0 Å². The molecule has 35 heavy (non-hydrogen) atoms. The average molecular weight is 521 g/mol. The van der Waals surface area contributed by atoms with E-state index in [0.29, 0.717) is 22.7 Å². The molecule has 0 aromatic heterocycles. The van der Waals surface area contributed by atoms with Crippen molar-refractivity contribution in [3.63, 3.8) is 0 Å². The van der Waals surface area contributed by atoms with Gasteiger partial charge in [-0.05, 0) is 61.9 Å². The van der Waals surface area contributed by atoms with Gasteiger partial charge < -0.3 is 10.1 Å². The molecule has 0 radical (unpaired) electrons. The third-order valence-electron chi connectivity index (χ3n) is 6.60. The fraction of sp³-hybridized carbons (Fsp3) is 0.481. The minimum absolute atomic E-state index is 0.0744. The third kappa shape index (κ3) is 4.56. The molecule has 1 spiro atoms. The molecule has 1 saturated heterocycles. The predicted octanol–water partition coefficient (Wildman–Crippen LogP) is 6.22. The highest BCUT2D eigenvalue weighted by Crippen LogP contribution is 2.57. The molecule has 188 valence electrons. The van der Waals surface area contributed by atoms with E-state index in [1.54, 1.807) is 51.1 Å². The fourth-order valence-corrected chi connectivity index (χ4v) is 5.85. The van der Waals surface area contributed by atoms with E-state index in [2.05, 4.69) is 31.4 Å². The summed E-state index contributed by atoms with van der Waals surface area (Å²) in [7, 11) is 0. The van der Waals surface area contributed by atoms with Crippen molar-refractivity contribution in [2.75, 3.05) is 5.32 Å². The van der Waals surface area contributed by atoms with E-state index in [9.17, 15) is 9.59 Å². The smallest absolute Gasteiger partial charge is 0.324 e. The highest BCUT2D eigenvalue weighted by Gasteiger charge is 2.66. The van der Waals surface area contributed by atoms with Crippen LogP contribution in [-0.4, -0.2) is 29.6 Å². The minimum Gasteiger partial charge on any atom is -0.459 e. The van der Waals surface area contributed by atoms with Crippen molar-refractivity contribution in [1.82, 2.24) is 5.32 Å². The Labute approximate surface area is 215 Å². The molecule has 4 atom stereocenters. The molecule has 5 nitrogen and oxygen atoms in total. The Morgan fingerprint density at radius 1 is 1.11 bits per heavy atom. The molecule has 8 heteroatoms. The first kappa shape index (κ1) is 25.9. The normalized spacial score (nSPS) is 26.1. The lowest BCUT2D eigenvalue weighted by Gasteiger charge is -2.37. The van der Waals surface area contributed by atoms with Crippen LogP contribution in [0.1, 0.15) is 65.0 Å². The van der Waals surface area contributed by atoms with Gasteiger partial charge in [0.2, 0.25) is 5.91 Å². The van der Waals surface area contributed by atoms with Gasteiger partial charge in [0.25, 0.3) is 0 Å². The second kappa shape index (κ2) is 8.75. The number of hydrogen-bond donors (Lipinski definition) is 2. The Bertz CT molecular complexity index is 1190. The lowest BCUT2D eigenvalue weighted by Crippen LogP contribution is -2.49. The summed E-state index contributed by atoms with van der Waals surface area (Å²) in [6, 6.07) is 8.38. The summed E-state index contributed by atoms with van der Waals surface area (Å²) in [6.45, 7) is 11.5. The summed E-state index contributed by atoms with van der Waals surface area (Å²) in [5.74, 6) is -2.42. The van der Waals surface area contributed by atoms with E-state index < -0.39 is 40.8 Å². The molecule has 2 heterocycles. The number of ether oxygens (including phenoxy) is 1. The van der Waals surface area contributed by atoms with Gasteiger partial charge in [0.05, 0.1) is 5.02 Å². The third-order valence-corrected chi connectivity index (χ3v) is 7.13. The summed E-state index contributed by atoms with van der Waals surface area (Å²) in [5.41, 5.74) is -0.852. The lowest BCUT2D eigenvalue weighted by molar-refractivity contribution is -0.157. The van der Waals surface area contributed by atoms with Crippen LogP contribution in [0.25, 0.3) is 0 Å². The monoisotopic (exact) mass is 520 g/mol. The molecule has 0 unspecified atom stereocenters. The van der Waals surface area contributed by atoms with Crippen molar-refractivity contribution in [3.8, 4) is 0 Å². The maximum absolute atomic E-state index is 15.6. The Morgan fingerprint density at radius 3 is 2.43 bits per heavy atom. The second-order valence-corrected chi connectivity index (χ2v) is 12.5. The van der Waals surface area contributed by atoms with Crippen LogP contribution in [0.3, 0.4) is 0 Å². The number of hydrogen-bond acceptors (Lipinski definition) is 4. The van der Waals surface area contributed by atoms with Crippen LogP contribution in [-0.2, 0) is 19.7 Å². The molecule has 0 saturated carbocycles. The van der Waals surface area contributed by atoms with Crippen LogP contribution < -0.4 is 10.6 Å². The van der Waals surface area contributed by atoms with Crippen LogP contribution in [0.15, 0.2) is 36.4 Å². The molecule has 2 N–H and O–H groups in total. The van der Waals surface area contributed by atoms with Gasteiger partial charge in [-0.15, -0.1) is 0 Å². The molecule has 2 aromatic rings. The second-order valence-electron chi connectivity index (χ2n) is 11.6. The summed E-state index contributed by atoms with van der Waals surface area (Å²) >= 11 is 12.4. The Kier molecular flexibility index (Phi) is 6.48. The molecule has 1 amide bonds. The quantitative estimate of drug-likeness (QED) is 0.471. The average Bonchev–Trinajstić information content (AvgIpc) is 3.17. The topological polar surface area (TPSA) is 67.4 Å². The summed E-state index contributed by atoms with van der Waals surface area (Å²) in [4.78, 5) is 27.6. The molecule has 0 bridgehead atoms. The molecule has 2 aliphatic rings. The first-order valence-corrected chi connectivity index (χ1v) is 12.4. The number of halogens is 3. The zero-order chi connectivity index (χ0) is 25.9. The molecular formula is C27H31Cl2FN2O3. The molecule has 0 aliphatic carbocycles. The molecular weight excluding hydrogens is 490 g/mol. The number of carbonyl (C=O) groups excluding carboxylic acids is 2. The van der Waals surface area contributed by atoms with Gasteiger partial charge in [-0.25, -0.2) is 4.39 Å². The van der Waals surface area contributed by atoms with Crippen LogP contribution >= 0.6 is 23.2 Å². The number of fused-ring (bicyclic) bond motifs is 2. The zero-order valence-corrected chi connectivity index (χ0v) is 22.3. The molecule has 2 aromatic carbocycles. The Balaban J connectivity index is 2.01. The fourth-order valence-electron chi connectivity index (χ4n) is 5.49. The minimum atomic E-state index is -1.29. The highest BCUT2D eigenvalue weighted by atomic mass is 35.5. The standard InChI is InChI=1S/C27H31Cl2FN2O3/c1-25(2,3)13-19-27(16-11-10-14(28)12-18(16)31-24(27)34)20(15-8-7-9-17(29)21(15)30)22(32-19)23(33)35-26(4,5)6/h7-12,19-20,22,32H,13H2,1-6H3,(H,31,34)/t19-,20-,22+,27+/m1/s1. The largest absolute Gasteiger partial charge is 0.459 e. The molecule has 4 rings (SSSR count). The predicted molar refractivity (Wildman–Crippen MR) is 137 cm³/mol. The van der Waals surface area contributed by atoms with E-state index in [4.69, 9.17) is 27.9 Å². The Morgan fingerprint density at radius 2 is 1.80 bits per heavy atom. The van der Waals surface area contributed by atoms with Crippen LogP contribution in [0.2, 0.25) is 10.0 Å². The van der Waals surface area contributed by atoms with Gasteiger partial charge in [-0.1, -0.05) is 62.2 Å². The van der Waals surface area contributed by atoms with Crippen LogP contribution in [0, 0.1) is 11.2 Å². The van der Waals surface area contributed by atoms with Gasteiger partial charge in [0, 0.05) is 22.7 Å². The van der Waals surface area contributed by atoms with Crippen LogP contribution in [0.4, 0.5) is 10.1 Å². The summed E-state index contributed by atoms with van der Waals surface area (Å²) < 4.78 is 21.4. The number of amides is 1. The van der Waals surface area contributed by atoms with E-state index in [1.165, 1.54) is 6.07 Å². The lowest BCUT2D eigenvalue weighted by atomic mass is 9.62. The van der Waals surface area contributed by atoms with E-state index in [-0.39, 0.29) is 21.9 Å². The van der Waals surface area contributed by atoms with Crippen molar-refractivity contribution in [3.05, 3.63) is 63.4 Å². The molecule has 2 aliphatic heterocycles. The van der Waals surface area contributed by atoms with Gasteiger partial charge >= 0.3 is 5.97 Å². The Hall–Kier alpha value is -2.15. The number of nitrogens with one attached hydrogen (secondary N) is 2. The highest BCUT2D eigenvalue weighted by molar-refractivity contribution is 6.31. The van der Waals surface area contributed by atoms with Crippen molar-refractivity contribution in [2.24, 2.45) is 5.41 Å². The summed E-state index contributed by atoms with van der Waals surface area (Å²) in [6.07, 6.45) is 0.542. The van der Waals surface area contributed by atoms with E-state index in [0.717, 1.165) is 0 Å². The van der Waals surface area contributed by atoms with Crippen molar-refractivity contribution >= 4 is 40.8 Å². The number of rotatable bonds is 3. The van der Waals surface area contributed by atoms with Crippen molar-refractivity contribution in [2.45, 2.75) is 77.0 Å². The first-order valence-electron chi connectivity index (χ1n) is 11.7. The number of anilines is 1. The maximum Gasteiger partial charge on any atom is 0.324 e. The van der Waals surface area contributed by atoms with Gasteiger partial charge in [-0.2, -0.15) is 0 Å². The first-order chi connectivity index (χ1) is 16.1. The van der Waals surface area contributed by atoms with Gasteiger partial charge in [0.1, 0.15) is 22.9 Å². The van der Waals surface area contributed by atoms with Gasteiger partial charge in [-0.3, -0.25) is 14.9 Å². The number of carbonyl (C=O) groups is 2. The molecule has 1 fully saturated rings. The maximum atomic E-state index is 15.6. The zero-order valence-electron chi connectivity index (χ0n) is 20.8. The van der Waals surface area contributed by atoms with E-state index >= 15 is 4.39 Å². The van der Waals surface area contributed by atoms with Gasteiger partial charge in [0.15, 0.2) is 0 Å².